The van der Waals surface area contributed by atoms with Crippen LogP contribution in [-0.2, 0) is 6.61 Å². The Balaban J connectivity index is 1.97. The summed E-state index contributed by atoms with van der Waals surface area (Å²) in [5.74, 6) is 1.59. The fraction of sp³-hybridized carbons (Fsp3) is 0.615. The number of aliphatic hydroxyl groups excluding tert-OH is 1. The number of pyridine rings is 1. The highest BCUT2D eigenvalue weighted by molar-refractivity contribution is 5.22. The summed E-state index contributed by atoms with van der Waals surface area (Å²) in [6.45, 7) is 2.25. The van der Waals surface area contributed by atoms with Crippen molar-refractivity contribution >= 4 is 0 Å². The number of hydrogen-bond acceptors (Lipinski definition) is 3. The molecule has 1 aliphatic rings. The molecule has 1 aliphatic carbocycles. The molecule has 0 spiro atoms. The van der Waals surface area contributed by atoms with Gasteiger partial charge in [0, 0.05) is 12.3 Å². The average molecular weight is 221 g/mol. The number of nitrogens with zero attached hydrogens (tertiary/aromatic N) is 1. The Kier molecular flexibility index (Phi) is 3.78. The van der Waals surface area contributed by atoms with E-state index in [-0.39, 0.29) is 6.61 Å². The fourth-order valence-electron chi connectivity index (χ4n) is 2.29. The minimum Gasteiger partial charge on any atom is -0.490 e. The van der Waals surface area contributed by atoms with Crippen LogP contribution in [0.2, 0.25) is 0 Å². The van der Waals surface area contributed by atoms with Crippen molar-refractivity contribution in [3.63, 3.8) is 0 Å². The third-order valence-corrected chi connectivity index (χ3v) is 3.14. The van der Waals surface area contributed by atoms with Crippen molar-refractivity contribution in [2.75, 3.05) is 0 Å². The lowest BCUT2D eigenvalue weighted by atomic mass is 9.89. The molecular weight excluding hydrogens is 202 g/mol. The van der Waals surface area contributed by atoms with E-state index in [0.717, 1.165) is 24.5 Å². The zero-order chi connectivity index (χ0) is 11.4. The maximum absolute atomic E-state index is 8.99. The second-order valence-corrected chi connectivity index (χ2v) is 4.65. The predicted molar refractivity (Wildman–Crippen MR) is 62.2 cm³/mol. The first-order valence-corrected chi connectivity index (χ1v) is 6.00. The van der Waals surface area contributed by atoms with Gasteiger partial charge in [-0.1, -0.05) is 13.3 Å². The Morgan fingerprint density at radius 1 is 1.50 bits per heavy atom. The first kappa shape index (κ1) is 11.4. The quantitative estimate of drug-likeness (QED) is 0.852. The van der Waals surface area contributed by atoms with Gasteiger partial charge in [0.2, 0.25) is 0 Å². The van der Waals surface area contributed by atoms with E-state index in [1.165, 1.54) is 12.8 Å². The second-order valence-electron chi connectivity index (χ2n) is 4.65. The van der Waals surface area contributed by atoms with E-state index in [9.17, 15) is 0 Å². The second kappa shape index (κ2) is 5.30. The van der Waals surface area contributed by atoms with E-state index in [4.69, 9.17) is 9.84 Å². The number of aliphatic hydroxyl groups is 1. The summed E-state index contributed by atoms with van der Waals surface area (Å²) < 4.78 is 5.92. The van der Waals surface area contributed by atoms with Gasteiger partial charge in [0.05, 0.1) is 18.4 Å². The van der Waals surface area contributed by atoms with E-state index in [0.29, 0.717) is 11.8 Å². The van der Waals surface area contributed by atoms with Crippen LogP contribution in [0.3, 0.4) is 0 Å². The third-order valence-electron chi connectivity index (χ3n) is 3.14. The van der Waals surface area contributed by atoms with Gasteiger partial charge in [0.1, 0.15) is 5.75 Å². The van der Waals surface area contributed by atoms with E-state index in [2.05, 4.69) is 11.9 Å². The Hall–Kier alpha value is -1.09. The molecule has 16 heavy (non-hydrogen) atoms. The van der Waals surface area contributed by atoms with E-state index < -0.39 is 0 Å². The minimum atomic E-state index is -0.0295. The molecule has 0 aliphatic heterocycles. The van der Waals surface area contributed by atoms with Crippen LogP contribution in [0.5, 0.6) is 5.75 Å². The minimum absolute atomic E-state index is 0.0295. The molecule has 3 nitrogen and oxygen atoms in total. The van der Waals surface area contributed by atoms with Crippen molar-refractivity contribution in [1.29, 1.82) is 0 Å². The third kappa shape index (κ3) is 2.95. The van der Waals surface area contributed by atoms with Crippen molar-refractivity contribution in [1.82, 2.24) is 4.98 Å². The van der Waals surface area contributed by atoms with E-state index in [1.807, 2.05) is 12.1 Å². The number of hydrogen-bond donors (Lipinski definition) is 1. The van der Waals surface area contributed by atoms with Crippen LogP contribution in [0.1, 0.15) is 38.3 Å². The first-order valence-electron chi connectivity index (χ1n) is 6.00. The Morgan fingerprint density at radius 3 is 3.12 bits per heavy atom. The SMILES string of the molecule is CC1CCCC(Oc2ccnc(CO)c2)C1. The van der Waals surface area contributed by atoms with E-state index in [1.54, 1.807) is 6.20 Å². The van der Waals surface area contributed by atoms with Gasteiger partial charge in [0.25, 0.3) is 0 Å². The normalized spacial score (nSPS) is 25.4. The van der Waals surface area contributed by atoms with Crippen LogP contribution in [0, 0.1) is 5.92 Å². The molecule has 0 amide bonds. The monoisotopic (exact) mass is 221 g/mol. The Bertz CT molecular complexity index is 340. The first-order chi connectivity index (χ1) is 7.78. The summed E-state index contributed by atoms with van der Waals surface area (Å²) in [7, 11) is 0. The van der Waals surface area contributed by atoms with Crippen molar-refractivity contribution < 1.29 is 9.84 Å². The highest BCUT2D eigenvalue weighted by Crippen LogP contribution is 2.27. The summed E-state index contributed by atoms with van der Waals surface area (Å²) in [5.41, 5.74) is 0.668. The van der Waals surface area contributed by atoms with Crippen molar-refractivity contribution in [3.8, 4) is 5.75 Å². The molecule has 1 saturated carbocycles. The van der Waals surface area contributed by atoms with Gasteiger partial charge in [-0.25, -0.2) is 0 Å². The van der Waals surface area contributed by atoms with Crippen molar-refractivity contribution in [2.45, 2.75) is 45.3 Å². The van der Waals surface area contributed by atoms with Crippen LogP contribution in [0.15, 0.2) is 18.3 Å². The molecule has 88 valence electrons. The fourth-order valence-corrected chi connectivity index (χ4v) is 2.29. The number of rotatable bonds is 3. The maximum atomic E-state index is 8.99. The number of ether oxygens (including phenoxy) is 1. The molecule has 1 aromatic rings. The number of aromatic nitrogens is 1. The van der Waals surface area contributed by atoms with Crippen LogP contribution in [-0.4, -0.2) is 16.2 Å². The summed E-state index contributed by atoms with van der Waals surface area (Å²) in [4.78, 5) is 4.04. The highest BCUT2D eigenvalue weighted by Gasteiger charge is 2.20. The van der Waals surface area contributed by atoms with Gasteiger partial charge < -0.3 is 9.84 Å². The lowest BCUT2D eigenvalue weighted by molar-refractivity contribution is 0.128. The molecule has 0 bridgehead atoms. The Morgan fingerprint density at radius 2 is 2.38 bits per heavy atom. The van der Waals surface area contributed by atoms with Gasteiger partial charge in [-0.2, -0.15) is 0 Å². The lowest BCUT2D eigenvalue weighted by Gasteiger charge is -2.27. The molecular formula is C13H19NO2. The molecule has 2 rings (SSSR count). The smallest absolute Gasteiger partial charge is 0.123 e. The van der Waals surface area contributed by atoms with Gasteiger partial charge in [-0.15, -0.1) is 0 Å². The Labute approximate surface area is 96.5 Å². The molecule has 1 aromatic heterocycles. The topological polar surface area (TPSA) is 42.4 Å². The molecule has 2 atom stereocenters. The molecule has 0 saturated heterocycles. The summed E-state index contributed by atoms with van der Waals surface area (Å²) in [5, 5.41) is 8.99. The van der Waals surface area contributed by atoms with Crippen LogP contribution in [0.25, 0.3) is 0 Å². The zero-order valence-corrected chi connectivity index (χ0v) is 9.72. The molecule has 1 fully saturated rings. The zero-order valence-electron chi connectivity index (χ0n) is 9.72. The van der Waals surface area contributed by atoms with Gasteiger partial charge in [-0.05, 0) is 31.2 Å². The standard InChI is InChI=1S/C13H19NO2/c1-10-3-2-4-12(7-10)16-13-5-6-14-11(8-13)9-15/h5-6,8,10,12,15H,2-4,7,9H2,1H3. The van der Waals surface area contributed by atoms with Crippen molar-refractivity contribution in [2.24, 2.45) is 5.92 Å². The molecule has 1 N–H and O–H groups in total. The van der Waals surface area contributed by atoms with Crippen molar-refractivity contribution in [3.05, 3.63) is 24.0 Å². The molecule has 1 heterocycles. The molecule has 3 heteroatoms. The van der Waals surface area contributed by atoms with Gasteiger partial charge in [-0.3, -0.25) is 4.98 Å². The summed E-state index contributed by atoms with van der Waals surface area (Å²) >= 11 is 0. The highest BCUT2D eigenvalue weighted by atomic mass is 16.5. The lowest BCUT2D eigenvalue weighted by Crippen LogP contribution is -2.24. The van der Waals surface area contributed by atoms with Gasteiger partial charge >= 0.3 is 0 Å². The van der Waals surface area contributed by atoms with Crippen LogP contribution < -0.4 is 4.74 Å². The molecule has 2 unspecified atom stereocenters. The van der Waals surface area contributed by atoms with Crippen LogP contribution in [0.4, 0.5) is 0 Å². The van der Waals surface area contributed by atoms with E-state index >= 15 is 0 Å². The largest absolute Gasteiger partial charge is 0.490 e. The molecule has 0 aromatic carbocycles. The predicted octanol–water partition coefficient (Wildman–Crippen LogP) is 2.53. The molecule has 0 radical (unpaired) electrons. The summed E-state index contributed by atoms with van der Waals surface area (Å²) in [6.07, 6.45) is 6.87. The maximum Gasteiger partial charge on any atom is 0.123 e. The van der Waals surface area contributed by atoms with Gasteiger partial charge in [0.15, 0.2) is 0 Å². The summed E-state index contributed by atoms with van der Waals surface area (Å²) in [6, 6.07) is 3.68. The van der Waals surface area contributed by atoms with Crippen LogP contribution >= 0.6 is 0 Å². The average Bonchev–Trinajstić information content (AvgIpc) is 2.29.